The van der Waals surface area contributed by atoms with Crippen LogP contribution in [0.3, 0.4) is 0 Å². The molecule has 22 rings (SSSR count). The van der Waals surface area contributed by atoms with Crippen molar-refractivity contribution in [1.82, 2.24) is 0 Å². The second kappa shape index (κ2) is 19.8. The third-order valence-electron chi connectivity index (χ3n) is 24.3. The van der Waals surface area contributed by atoms with E-state index < -0.39 is 10.8 Å². The van der Waals surface area contributed by atoms with Gasteiger partial charge in [-0.15, -0.1) is 0 Å². The number of hydrogen-bond donors (Lipinski definition) is 0. The molecule has 6 aliphatic carbocycles. The van der Waals surface area contributed by atoms with Crippen LogP contribution in [0, 0.1) is 0 Å². The van der Waals surface area contributed by atoms with Crippen LogP contribution in [0.5, 0.6) is 11.5 Å². The lowest BCUT2D eigenvalue weighted by atomic mass is 9.69. The molecule has 100 heavy (non-hydrogen) atoms. The molecule has 0 aromatic heterocycles. The van der Waals surface area contributed by atoms with Gasteiger partial charge in [0.15, 0.2) is 11.5 Å². The Bertz CT molecular complexity index is 5650. The van der Waals surface area contributed by atoms with E-state index in [9.17, 15) is 0 Å². The molecular weight excluding hydrogens is 1210 g/mol. The normalized spacial score (nSPS) is 15.4. The van der Waals surface area contributed by atoms with Crippen LogP contribution in [0.4, 0.5) is 17.1 Å². The van der Waals surface area contributed by atoms with Gasteiger partial charge in [0.25, 0.3) is 0 Å². The Hall–Kier alpha value is -12.1. The highest BCUT2D eigenvalue weighted by molar-refractivity contribution is 6.07. The largest absolute Gasteiger partial charge is 0.453 e. The summed E-state index contributed by atoms with van der Waals surface area (Å²) in [6, 6.07) is 123. The number of benzene rings is 15. The highest BCUT2D eigenvalue weighted by Crippen LogP contribution is 2.71. The lowest BCUT2D eigenvalue weighted by molar-refractivity contribution is 0.474. The van der Waals surface area contributed by atoms with Crippen LogP contribution < -0.4 is 9.64 Å². The number of anilines is 3. The van der Waals surface area contributed by atoms with Gasteiger partial charge < -0.3 is 9.64 Å². The van der Waals surface area contributed by atoms with Crippen molar-refractivity contribution in [3.8, 4) is 123 Å². The van der Waals surface area contributed by atoms with Crippen LogP contribution in [0.15, 0.2) is 322 Å². The summed E-state index contributed by atoms with van der Waals surface area (Å²) < 4.78 is 8.13. The van der Waals surface area contributed by atoms with Gasteiger partial charge in [-0.2, -0.15) is 0 Å². The molecule has 468 valence electrons. The van der Waals surface area contributed by atoms with E-state index in [-0.39, 0.29) is 10.8 Å². The summed E-state index contributed by atoms with van der Waals surface area (Å²) in [7, 11) is 0. The Morgan fingerprint density at radius 3 is 0.830 bits per heavy atom. The van der Waals surface area contributed by atoms with Crippen molar-refractivity contribution >= 4 is 17.1 Å². The van der Waals surface area contributed by atoms with Crippen LogP contribution in [-0.4, -0.2) is 0 Å². The van der Waals surface area contributed by atoms with Crippen LogP contribution in [-0.2, 0) is 21.7 Å². The van der Waals surface area contributed by atoms with Crippen molar-refractivity contribution in [2.24, 2.45) is 0 Å². The molecule has 1 heterocycles. The first-order valence-corrected chi connectivity index (χ1v) is 35.4. The van der Waals surface area contributed by atoms with Crippen molar-refractivity contribution in [2.45, 2.75) is 49.4 Å². The topological polar surface area (TPSA) is 12.5 Å². The van der Waals surface area contributed by atoms with Gasteiger partial charge in [-0.1, -0.05) is 301 Å². The second-order valence-corrected chi connectivity index (χ2v) is 29.7. The van der Waals surface area contributed by atoms with Gasteiger partial charge in [-0.25, -0.2) is 0 Å². The minimum absolute atomic E-state index is 0.239. The number of hydrogen-bond acceptors (Lipinski definition) is 2. The van der Waals surface area contributed by atoms with E-state index in [1.807, 2.05) is 0 Å². The van der Waals surface area contributed by atoms with Gasteiger partial charge >= 0.3 is 0 Å². The van der Waals surface area contributed by atoms with E-state index in [2.05, 4.69) is 354 Å². The molecular formula is C98H65NO. The van der Waals surface area contributed by atoms with E-state index in [0.717, 1.165) is 50.8 Å². The molecule has 0 atom stereocenters. The zero-order valence-electron chi connectivity index (χ0n) is 56.0. The maximum Gasteiger partial charge on any atom is 0.151 e. The highest BCUT2D eigenvalue weighted by Gasteiger charge is 2.56. The van der Waals surface area contributed by atoms with Crippen LogP contribution in [0.1, 0.15) is 94.5 Å². The standard InChI is InChI=1S/C98H65NO/c1-95(2)78-36-17-11-32-70(78)72-52-86-74(50-84(72)95)76-54-90-92(56-88(76)97(86)80-38-19-13-28-66(80)67-29-14-20-39-81(67)97)100-93-57-89-77(75-51-85-73(71-33-12-18-37-79(71)96(85,3)4)53-87(75)98(89)82-40-21-15-30-68(82)69-31-16-22-41-83(69)98)55-91(93)99(90)94-64(62-46-42-60(43-47-62)58-24-7-5-8-25-58)34-23-35-65(94)63-48-44-61(45-49-63)59-26-9-6-10-27-59/h5-57H,1-4H3. The fourth-order valence-corrected chi connectivity index (χ4v) is 19.9. The molecule has 0 saturated heterocycles. The minimum Gasteiger partial charge on any atom is -0.453 e. The summed E-state index contributed by atoms with van der Waals surface area (Å²) in [5.74, 6) is 1.62. The van der Waals surface area contributed by atoms with E-state index in [1.54, 1.807) is 0 Å². The zero-order chi connectivity index (χ0) is 66.1. The Labute approximate surface area is 583 Å². The maximum absolute atomic E-state index is 8.13. The van der Waals surface area contributed by atoms with Gasteiger partial charge in [-0.3, -0.25) is 0 Å². The lowest BCUT2D eigenvalue weighted by Crippen LogP contribution is -2.27. The van der Waals surface area contributed by atoms with Gasteiger partial charge in [0.1, 0.15) is 0 Å². The number of ether oxygens (including phenoxy) is 1. The van der Waals surface area contributed by atoms with E-state index in [4.69, 9.17) is 4.74 Å². The van der Waals surface area contributed by atoms with Crippen LogP contribution in [0.25, 0.3) is 111 Å². The third-order valence-corrected chi connectivity index (χ3v) is 24.3. The van der Waals surface area contributed by atoms with Crippen molar-refractivity contribution in [3.05, 3.63) is 388 Å². The molecule has 0 saturated carbocycles. The quantitative estimate of drug-likeness (QED) is 0.170. The summed E-state index contributed by atoms with van der Waals surface area (Å²) in [5.41, 5.74) is 41.5. The molecule has 0 radical (unpaired) electrons. The maximum atomic E-state index is 8.13. The Balaban J connectivity index is 0.869. The molecule has 7 aliphatic rings. The van der Waals surface area contributed by atoms with Crippen molar-refractivity contribution < 1.29 is 4.74 Å². The van der Waals surface area contributed by atoms with Gasteiger partial charge in [0.05, 0.1) is 27.9 Å². The summed E-state index contributed by atoms with van der Waals surface area (Å²) in [4.78, 5) is 2.64. The Kier molecular flexibility index (Phi) is 11.1. The zero-order valence-corrected chi connectivity index (χ0v) is 56.0. The average Bonchev–Trinajstić information content (AvgIpc) is 1.51. The molecule has 1 aliphatic heterocycles. The average molecular weight is 1270 g/mol. The second-order valence-electron chi connectivity index (χ2n) is 29.7. The number of rotatable bonds is 5. The first kappa shape index (κ1) is 56.0. The monoisotopic (exact) mass is 1270 g/mol. The fraction of sp³-hybridized carbons (Fsp3) is 0.0816. The molecule has 15 aromatic rings. The predicted molar refractivity (Wildman–Crippen MR) is 411 cm³/mol. The predicted octanol–water partition coefficient (Wildman–Crippen LogP) is 25.2. The molecule has 15 aromatic carbocycles. The van der Waals surface area contributed by atoms with Crippen LogP contribution in [0.2, 0.25) is 0 Å². The Morgan fingerprint density at radius 2 is 0.460 bits per heavy atom. The van der Waals surface area contributed by atoms with Gasteiger partial charge in [-0.05, 0) is 215 Å². The van der Waals surface area contributed by atoms with E-state index >= 15 is 0 Å². The molecule has 2 spiro atoms. The first-order valence-electron chi connectivity index (χ1n) is 35.4. The number of fused-ring (bicyclic) bond motifs is 28. The molecule has 0 amide bonds. The third kappa shape index (κ3) is 7.07. The molecule has 0 N–H and O–H groups in total. The molecule has 0 bridgehead atoms. The van der Waals surface area contributed by atoms with Gasteiger partial charge in [0, 0.05) is 22.0 Å². The molecule has 0 unspecified atom stereocenters. The smallest absolute Gasteiger partial charge is 0.151 e. The molecule has 2 heteroatoms. The van der Waals surface area contributed by atoms with Crippen molar-refractivity contribution in [2.75, 3.05) is 4.90 Å². The summed E-state index contributed by atoms with van der Waals surface area (Å²) in [6.07, 6.45) is 0. The number of para-hydroxylation sites is 1. The Morgan fingerprint density at radius 1 is 0.200 bits per heavy atom. The fourth-order valence-electron chi connectivity index (χ4n) is 19.9. The van der Waals surface area contributed by atoms with E-state index in [0.29, 0.717) is 0 Å². The highest BCUT2D eigenvalue weighted by atomic mass is 16.5. The molecule has 0 fully saturated rings. The van der Waals surface area contributed by atoms with Crippen molar-refractivity contribution in [3.63, 3.8) is 0 Å². The van der Waals surface area contributed by atoms with Gasteiger partial charge in [0.2, 0.25) is 0 Å². The summed E-state index contributed by atoms with van der Waals surface area (Å²) in [6.45, 7) is 9.68. The summed E-state index contributed by atoms with van der Waals surface area (Å²) in [5, 5.41) is 0. The van der Waals surface area contributed by atoms with E-state index in [1.165, 1.54) is 156 Å². The minimum atomic E-state index is -0.671. The first-order chi connectivity index (χ1) is 49.1. The lowest BCUT2D eigenvalue weighted by Gasteiger charge is -2.38. The number of nitrogens with zero attached hydrogens (tertiary/aromatic N) is 1. The molecule has 2 nitrogen and oxygen atoms in total. The van der Waals surface area contributed by atoms with Crippen LogP contribution >= 0.6 is 0 Å². The SMILES string of the molecule is CC1(C)c2ccccc2-c2cc3c(cc21)-c1cc2c(cc1C31c3ccccc3-c3ccccc31)Oc1cc3c(cc1N2c1c(-c2ccc(-c4ccccc4)cc2)cccc1-c1ccc(-c2ccccc2)cc1)-c1cc2c(cc1C31c3ccccc3-c3ccccc31)-c1ccccc1C2(C)C. The van der Waals surface area contributed by atoms with Crippen molar-refractivity contribution in [1.29, 1.82) is 0 Å². The summed E-state index contributed by atoms with van der Waals surface area (Å²) >= 11 is 0.